The number of carbonyl (C=O) groups excluding carboxylic acids is 1. The molecule has 2 amide bonds. The summed E-state index contributed by atoms with van der Waals surface area (Å²) in [5.41, 5.74) is 0.614. The van der Waals surface area contributed by atoms with Crippen LogP contribution in [0.5, 0.6) is 5.75 Å². The van der Waals surface area contributed by atoms with E-state index in [2.05, 4.69) is 10.6 Å². The molecule has 0 spiro atoms. The quantitative estimate of drug-likeness (QED) is 0.620. The molecule has 7 heteroatoms. The van der Waals surface area contributed by atoms with Crippen LogP contribution in [0.15, 0.2) is 60.7 Å². The second kappa shape index (κ2) is 7.58. The number of halogens is 3. The summed E-state index contributed by atoms with van der Waals surface area (Å²) in [5.74, 6) is 0.471. The number of benzene rings is 2. The molecule has 22 heavy (non-hydrogen) atoms. The normalized spacial score (nSPS) is 12.3. The Morgan fingerprint density at radius 2 is 1.50 bits per heavy atom. The molecule has 2 N–H and O–H groups in total. The number of ether oxygens (including phenoxy) is 1. The van der Waals surface area contributed by atoms with E-state index in [0.717, 1.165) is 0 Å². The summed E-state index contributed by atoms with van der Waals surface area (Å²) in [4.78, 5) is 12.0. The number of anilines is 1. The smallest absolute Gasteiger partial charge is 0.322 e. The maximum atomic E-state index is 12.0. The molecule has 2 aromatic rings. The summed E-state index contributed by atoms with van der Waals surface area (Å²) >= 11 is 17.6. The summed E-state index contributed by atoms with van der Waals surface area (Å²) in [6.45, 7) is 0. The van der Waals surface area contributed by atoms with Crippen molar-refractivity contribution >= 4 is 46.5 Å². The highest BCUT2D eigenvalue weighted by Crippen LogP contribution is 2.31. The Morgan fingerprint density at radius 1 is 0.955 bits per heavy atom. The van der Waals surface area contributed by atoms with Crippen LogP contribution in [0.1, 0.15) is 0 Å². The molecule has 0 fully saturated rings. The lowest BCUT2D eigenvalue weighted by molar-refractivity contribution is 0.170. The minimum Gasteiger partial charge on any atom is -0.466 e. The average Bonchev–Trinajstić information content (AvgIpc) is 2.48. The lowest BCUT2D eigenvalue weighted by Crippen LogP contribution is -2.49. The van der Waals surface area contributed by atoms with Crippen molar-refractivity contribution in [3.05, 3.63) is 60.7 Å². The van der Waals surface area contributed by atoms with Crippen molar-refractivity contribution in [3.8, 4) is 5.75 Å². The number of rotatable bonds is 4. The van der Waals surface area contributed by atoms with Gasteiger partial charge in [-0.25, -0.2) is 4.79 Å². The van der Waals surface area contributed by atoms with Gasteiger partial charge < -0.3 is 10.1 Å². The Morgan fingerprint density at radius 3 is 2.05 bits per heavy atom. The molecule has 0 saturated carbocycles. The van der Waals surface area contributed by atoms with Gasteiger partial charge in [0, 0.05) is 5.69 Å². The Labute approximate surface area is 143 Å². The zero-order valence-electron chi connectivity index (χ0n) is 11.3. The molecule has 0 saturated heterocycles. The molecule has 0 aromatic heterocycles. The minimum atomic E-state index is -1.83. The van der Waals surface area contributed by atoms with Crippen LogP contribution in [0.4, 0.5) is 10.5 Å². The van der Waals surface area contributed by atoms with Crippen molar-refractivity contribution in [3.63, 3.8) is 0 Å². The molecule has 4 nitrogen and oxygen atoms in total. The highest BCUT2D eigenvalue weighted by atomic mass is 35.6. The van der Waals surface area contributed by atoms with Gasteiger partial charge >= 0.3 is 6.03 Å². The van der Waals surface area contributed by atoms with E-state index in [-0.39, 0.29) is 0 Å². The van der Waals surface area contributed by atoms with Crippen LogP contribution in [0, 0.1) is 0 Å². The van der Waals surface area contributed by atoms with E-state index in [0.29, 0.717) is 11.4 Å². The summed E-state index contributed by atoms with van der Waals surface area (Å²) in [7, 11) is 0. The standard InChI is InChI=1S/C15H13Cl3N2O2/c16-15(17,18)13(22-12-9-5-2-6-10-12)20-14(21)19-11-7-3-1-4-8-11/h1-10,13H,(H2,19,20,21). The van der Waals surface area contributed by atoms with Crippen molar-refractivity contribution < 1.29 is 9.53 Å². The first-order chi connectivity index (χ1) is 10.4. The SMILES string of the molecule is O=C(Nc1ccccc1)NC(Oc1ccccc1)C(Cl)(Cl)Cl. The number of hydrogen-bond donors (Lipinski definition) is 2. The third-order valence-corrected chi connectivity index (χ3v) is 3.18. The van der Waals surface area contributed by atoms with Gasteiger partial charge in [-0.1, -0.05) is 71.2 Å². The summed E-state index contributed by atoms with van der Waals surface area (Å²) in [6, 6.07) is 17.1. The van der Waals surface area contributed by atoms with Crippen molar-refractivity contribution in [2.75, 3.05) is 5.32 Å². The summed E-state index contributed by atoms with van der Waals surface area (Å²) < 4.78 is 3.69. The second-order valence-electron chi connectivity index (χ2n) is 4.32. The van der Waals surface area contributed by atoms with Gasteiger partial charge in [0.15, 0.2) is 0 Å². The lowest BCUT2D eigenvalue weighted by atomic mass is 10.3. The van der Waals surface area contributed by atoms with Crippen LogP contribution in [-0.2, 0) is 0 Å². The Balaban J connectivity index is 2.02. The molecule has 0 bridgehead atoms. The zero-order chi connectivity index (χ0) is 16.0. The lowest BCUT2D eigenvalue weighted by Gasteiger charge is -2.26. The van der Waals surface area contributed by atoms with E-state index in [1.807, 2.05) is 12.1 Å². The largest absolute Gasteiger partial charge is 0.466 e. The molecule has 0 aliphatic heterocycles. The molecular weight excluding hydrogens is 347 g/mol. The molecule has 0 aliphatic carbocycles. The van der Waals surface area contributed by atoms with Gasteiger partial charge in [-0.15, -0.1) is 0 Å². The third kappa shape index (κ3) is 5.30. The van der Waals surface area contributed by atoms with E-state index >= 15 is 0 Å². The van der Waals surface area contributed by atoms with E-state index in [1.165, 1.54) is 0 Å². The second-order valence-corrected chi connectivity index (χ2v) is 6.69. The molecule has 2 aromatic carbocycles. The highest BCUT2D eigenvalue weighted by molar-refractivity contribution is 6.68. The van der Waals surface area contributed by atoms with Gasteiger partial charge in [0.25, 0.3) is 0 Å². The average molecular weight is 360 g/mol. The van der Waals surface area contributed by atoms with Gasteiger partial charge in [-0.2, -0.15) is 0 Å². The first-order valence-corrected chi connectivity index (χ1v) is 7.49. The number of nitrogens with one attached hydrogen (secondary N) is 2. The Kier molecular flexibility index (Phi) is 5.77. The predicted molar refractivity (Wildman–Crippen MR) is 89.7 cm³/mol. The fourth-order valence-electron chi connectivity index (χ4n) is 1.62. The highest BCUT2D eigenvalue weighted by Gasteiger charge is 2.36. The molecule has 0 radical (unpaired) electrons. The maximum Gasteiger partial charge on any atom is 0.322 e. The summed E-state index contributed by atoms with van der Waals surface area (Å²) in [5, 5.41) is 5.11. The monoisotopic (exact) mass is 358 g/mol. The van der Waals surface area contributed by atoms with Gasteiger partial charge in [-0.05, 0) is 24.3 Å². The van der Waals surface area contributed by atoms with Crippen LogP contribution in [0.3, 0.4) is 0 Å². The molecule has 1 atom stereocenters. The number of urea groups is 1. The first kappa shape index (κ1) is 16.7. The van der Waals surface area contributed by atoms with Crippen LogP contribution in [-0.4, -0.2) is 16.1 Å². The number of alkyl halides is 3. The van der Waals surface area contributed by atoms with Gasteiger partial charge in [-0.3, -0.25) is 5.32 Å². The van der Waals surface area contributed by atoms with Crippen molar-refractivity contribution in [1.29, 1.82) is 0 Å². The van der Waals surface area contributed by atoms with E-state index in [9.17, 15) is 4.79 Å². The Bertz CT molecular complexity index is 603. The zero-order valence-corrected chi connectivity index (χ0v) is 13.6. The van der Waals surface area contributed by atoms with Crippen LogP contribution in [0.2, 0.25) is 0 Å². The maximum absolute atomic E-state index is 12.0. The minimum absolute atomic E-state index is 0.471. The van der Waals surface area contributed by atoms with Crippen molar-refractivity contribution in [2.24, 2.45) is 0 Å². The topological polar surface area (TPSA) is 50.4 Å². The fraction of sp³-hybridized carbons (Fsp3) is 0.133. The fourth-order valence-corrected chi connectivity index (χ4v) is 1.92. The van der Waals surface area contributed by atoms with Crippen molar-refractivity contribution in [1.82, 2.24) is 5.32 Å². The molecule has 116 valence electrons. The van der Waals surface area contributed by atoms with Gasteiger partial charge in [0.05, 0.1) is 0 Å². The number of hydrogen-bond acceptors (Lipinski definition) is 2. The van der Waals surface area contributed by atoms with Crippen LogP contribution >= 0.6 is 34.8 Å². The summed E-state index contributed by atoms with van der Waals surface area (Å²) in [6.07, 6.45) is -1.15. The molecule has 0 aliphatic rings. The van der Waals surface area contributed by atoms with Crippen molar-refractivity contribution in [2.45, 2.75) is 10.0 Å². The predicted octanol–water partition coefficient (Wildman–Crippen LogP) is 4.58. The van der Waals surface area contributed by atoms with E-state index in [4.69, 9.17) is 39.5 Å². The van der Waals surface area contributed by atoms with E-state index < -0.39 is 16.1 Å². The van der Waals surface area contributed by atoms with E-state index in [1.54, 1.807) is 48.5 Å². The van der Waals surface area contributed by atoms with Crippen LogP contribution in [0.25, 0.3) is 0 Å². The molecule has 0 heterocycles. The first-order valence-electron chi connectivity index (χ1n) is 6.36. The van der Waals surface area contributed by atoms with Gasteiger partial charge in [0.2, 0.25) is 10.0 Å². The molecular formula is C15H13Cl3N2O2. The third-order valence-electron chi connectivity index (χ3n) is 2.59. The molecule has 1 unspecified atom stereocenters. The van der Waals surface area contributed by atoms with Gasteiger partial charge in [0.1, 0.15) is 5.75 Å². The number of carbonyl (C=O) groups is 1. The number of para-hydroxylation sites is 2. The Hall–Kier alpha value is -1.62. The number of amides is 2. The molecule has 2 rings (SSSR count). The van der Waals surface area contributed by atoms with Crippen LogP contribution < -0.4 is 15.4 Å².